The number of rotatable bonds is 0. The molecule has 0 saturated carbocycles. The molecule has 0 heterocycles. The van der Waals surface area contributed by atoms with Gasteiger partial charge in [0, 0.05) is 12.0 Å². The van der Waals surface area contributed by atoms with E-state index in [0.717, 1.165) is 23.1 Å². The van der Waals surface area contributed by atoms with Crippen LogP contribution in [0.25, 0.3) is 0 Å². The summed E-state index contributed by atoms with van der Waals surface area (Å²) < 4.78 is 0. The standard InChI is InChI=1S/C11H10O/c1-7-4-3-5-9-10(7)6-8(2)11(9)12/h3-5H,2,6H2,1H3. The van der Waals surface area contributed by atoms with Gasteiger partial charge in [-0.2, -0.15) is 0 Å². The quantitative estimate of drug-likeness (QED) is 0.529. The monoisotopic (exact) mass is 158 g/mol. The van der Waals surface area contributed by atoms with Crippen LogP contribution >= 0.6 is 0 Å². The molecule has 0 saturated heterocycles. The Hall–Kier alpha value is -1.37. The number of ketones is 1. The fraction of sp³-hybridized carbons (Fsp3) is 0.182. The summed E-state index contributed by atoms with van der Waals surface area (Å²) in [5.41, 5.74) is 3.92. The molecule has 1 aromatic carbocycles. The number of carbonyl (C=O) groups is 1. The van der Waals surface area contributed by atoms with Gasteiger partial charge in [-0.3, -0.25) is 4.79 Å². The molecule has 0 unspecified atom stereocenters. The second-order valence-corrected chi connectivity index (χ2v) is 3.21. The number of hydrogen-bond acceptors (Lipinski definition) is 1. The summed E-state index contributed by atoms with van der Waals surface area (Å²) in [7, 11) is 0. The van der Waals surface area contributed by atoms with Crippen molar-refractivity contribution in [3.05, 3.63) is 47.0 Å². The molecule has 60 valence electrons. The molecule has 0 N–H and O–H groups in total. The highest BCUT2D eigenvalue weighted by Gasteiger charge is 2.23. The minimum Gasteiger partial charge on any atom is -0.289 e. The van der Waals surface area contributed by atoms with Crippen molar-refractivity contribution in [2.24, 2.45) is 0 Å². The second kappa shape index (κ2) is 2.31. The molecule has 1 aromatic rings. The highest BCUT2D eigenvalue weighted by atomic mass is 16.1. The maximum Gasteiger partial charge on any atom is 0.189 e. The van der Waals surface area contributed by atoms with Crippen LogP contribution in [-0.2, 0) is 6.42 Å². The smallest absolute Gasteiger partial charge is 0.189 e. The van der Waals surface area contributed by atoms with Gasteiger partial charge < -0.3 is 0 Å². The third-order valence-corrected chi connectivity index (χ3v) is 2.37. The molecule has 0 atom stereocenters. The Balaban J connectivity index is 2.68. The van der Waals surface area contributed by atoms with Crippen molar-refractivity contribution >= 4 is 5.78 Å². The Morgan fingerprint density at radius 2 is 2.17 bits per heavy atom. The Morgan fingerprint density at radius 3 is 2.83 bits per heavy atom. The van der Waals surface area contributed by atoms with Gasteiger partial charge >= 0.3 is 0 Å². The number of allylic oxidation sites excluding steroid dienone is 1. The van der Waals surface area contributed by atoms with Crippen LogP contribution in [0.3, 0.4) is 0 Å². The first-order valence-electron chi connectivity index (χ1n) is 4.01. The molecule has 0 radical (unpaired) electrons. The van der Waals surface area contributed by atoms with E-state index in [-0.39, 0.29) is 5.78 Å². The summed E-state index contributed by atoms with van der Waals surface area (Å²) >= 11 is 0. The van der Waals surface area contributed by atoms with Gasteiger partial charge in [-0.25, -0.2) is 0 Å². The number of hydrogen-bond donors (Lipinski definition) is 0. The van der Waals surface area contributed by atoms with Gasteiger partial charge in [-0.05, 0) is 23.6 Å². The van der Waals surface area contributed by atoms with E-state index < -0.39 is 0 Å². The van der Waals surface area contributed by atoms with Gasteiger partial charge in [-0.1, -0.05) is 24.8 Å². The van der Waals surface area contributed by atoms with Crippen molar-refractivity contribution in [3.63, 3.8) is 0 Å². The van der Waals surface area contributed by atoms with E-state index in [2.05, 4.69) is 6.58 Å². The van der Waals surface area contributed by atoms with Crippen LogP contribution in [0.1, 0.15) is 21.5 Å². The Bertz CT molecular complexity index is 375. The fourth-order valence-corrected chi connectivity index (χ4v) is 1.63. The minimum atomic E-state index is 0.119. The van der Waals surface area contributed by atoms with E-state index >= 15 is 0 Å². The second-order valence-electron chi connectivity index (χ2n) is 3.21. The summed E-state index contributed by atoms with van der Waals surface area (Å²) in [5, 5.41) is 0. The van der Waals surface area contributed by atoms with Gasteiger partial charge in [0.05, 0.1) is 0 Å². The summed E-state index contributed by atoms with van der Waals surface area (Å²) in [4.78, 5) is 11.4. The lowest BCUT2D eigenvalue weighted by atomic mass is 10.1. The molecular weight excluding hydrogens is 148 g/mol. The lowest BCUT2D eigenvalue weighted by Gasteiger charge is -1.99. The number of benzene rings is 1. The zero-order valence-corrected chi connectivity index (χ0v) is 7.05. The SMILES string of the molecule is C=C1Cc2c(C)cccc2C1=O. The van der Waals surface area contributed by atoms with Crippen LogP contribution < -0.4 is 0 Å². The molecule has 0 aliphatic heterocycles. The number of carbonyl (C=O) groups excluding carboxylic acids is 1. The number of Topliss-reactive ketones (excluding diaryl/α,β-unsaturated/α-hetero) is 1. The maximum absolute atomic E-state index is 11.4. The highest BCUT2D eigenvalue weighted by molar-refractivity contribution is 6.12. The van der Waals surface area contributed by atoms with Gasteiger partial charge in [0.15, 0.2) is 5.78 Å². The third-order valence-electron chi connectivity index (χ3n) is 2.37. The summed E-state index contributed by atoms with van der Waals surface area (Å²) in [6.07, 6.45) is 0.737. The van der Waals surface area contributed by atoms with Gasteiger partial charge in [0.1, 0.15) is 0 Å². The molecule has 2 rings (SSSR count). The molecule has 0 fully saturated rings. The lowest BCUT2D eigenvalue weighted by Crippen LogP contribution is -1.93. The first-order valence-corrected chi connectivity index (χ1v) is 4.01. The van der Waals surface area contributed by atoms with E-state index in [1.807, 2.05) is 25.1 Å². The van der Waals surface area contributed by atoms with E-state index in [9.17, 15) is 4.79 Å². The summed E-state index contributed by atoms with van der Waals surface area (Å²) in [5.74, 6) is 0.119. The summed E-state index contributed by atoms with van der Waals surface area (Å²) in [6.45, 7) is 5.77. The molecule has 1 aliphatic carbocycles. The molecule has 1 heteroatoms. The fourth-order valence-electron chi connectivity index (χ4n) is 1.63. The highest BCUT2D eigenvalue weighted by Crippen LogP contribution is 2.27. The Morgan fingerprint density at radius 1 is 1.42 bits per heavy atom. The first kappa shape index (κ1) is 7.29. The summed E-state index contributed by atoms with van der Waals surface area (Å²) in [6, 6.07) is 5.83. The van der Waals surface area contributed by atoms with E-state index in [1.165, 1.54) is 5.56 Å². The van der Waals surface area contributed by atoms with Crippen molar-refractivity contribution in [1.29, 1.82) is 0 Å². The van der Waals surface area contributed by atoms with Crippen LogP contribution in [0, 0.1) is 6.92 Å². The Labute approximate surface area is 71.7 Å². The average Bonchev–Trinajstić information content (AvgIpc) is 2.32. The predicted molar refractivity (Wildman–Crippen MR) is 48.4 cm³/mol. The van der Waals surface area contributed by atoms with Crippen molar-refractivity contribution in [2.45, 2.75) is 13.3 Å². The molecule has 0 aromatic heterocycles. The molecule has 0 spiro atoms. The lowest BCUT2D eigenvalue weighted by molar-refractivity contribution is 0.104. The minimum absolute atomic E-state index is 0.119. The van der Waals surface area contributed by atoms with E-state index in [0.29, 0.717) is 0 Å². The Kier molecular flexibility index (Phi) is 1.40. The van der Waals surface area contributed by atoms with Gasteiger partial charge in [-0.15, -0.1) is 0 Å². The normalized spacial score (nSPS) is 15.1. The van der Waals surface area contributed by atoms with Crippen LogP contribution in [0.4, 0.5) is 0 Å². The number of fused-ring (bicyclic) bond motifs is 1. The van der Waals surface area contributed by atoms with Crippen molar-refractivity contribution in [2.75, 3.05) is 0 Å². The molecule has 1 aliphatic rings. The maximum atomic E-state index is 11.4. The van der Waals surface area contributed by atoms with Gasteiger partial charge in [0.25, 0.3) is 0 Å². The zero-order chi connectivity index (χ0) is 8.72. The van der Waals surface area contributed by atoms with Crippen LogP contribution in [-0.4, -0.2) is 5.78 Å². The number of aryl methyl sites for hydroxylation is 1. The zero-order valence-electron chi connectivity index (χ0n) is 7.05. The topological polar surface area (TPSA) is 17.1 Å². The largest absolute Gasteiger partial charge is 0.289 e. The van der Waals surface area contributed by atoms with E-state index in [1.54, 1.807) is 0 Å². The molecule has 12 heavy (non-hydrogen) atoms. The van der Waals surface area contributed by atoms with Crippen LogP contribution in [0.2, 0.25) is 0 Å². The third kappa shape index (κ3) is 0.828. The van der Waals surface area contributed by atoms with Crippen LogP contribution in [0.15, 0.2) is 30.4 Å². The molecular formula is C11H10O. The molecule has 1 nitrogen and oxygen atoms in total. The molecule has 0 amide bonds. The molecule has 0 bridgehead atoms. The predicted octanol–water partition coefficient (Wildman–Crippen LogP) is 2.29. The first-order chi connectivity index (χ1) is 5.70. The van der Waals surface area contributed by atoms with Crippen molar-refractivity contribution in [1.82, 2.24) is 0 Å². The van der Waals surface area contributed by atoms with Crippen LogP contribution in [0.5, 0.6) is 0 Å². The van der Waals surface area contributed by atoms with E-state index in [4.69, 9.17) is 0 Å². The van der Waals surface area contributed by atoms with Crippen molar-refractivity contribution in [3.8, 4) is 0 Å². The van der Waals surface area contributed by atoms with Crippen molar-refractivity contribution < 1.29 is 4.79 Å². The van der Waals surface area contributed by atoms with Gasteiger partial charge in [0.2, 0.25) is 0 Å². The average molecular weight is 158 g/mol.